The van der Waals surface area contributed by atoms with Gasteiger partial charge in [0.25, 0.3) is 5.91 Å². The number of amides is 5. The van der Waals surface area contributed by atoms with Crippen LogP contribution in [0.25, 0.3) is 0 Å². The Hall–Kier alpha value is -1.96. The van der Waals surface area contributed by atoms with Gasteiger partial charge in [0.15, 0.2) is 0 Å². The summed E-state index contributed by atoms with van der Waals surface area (Å²) in [6.45, 7) is 1.30. The molecule has 0 aromatic rings. The van der Waals surface area contributed by atoms with E-state index in [4.69, 9.17) is 5.84 Å². The van der Waals surface area contributed by atoms with Gasteiger partial charge in [-0.1, -0.05) is 0 Å². The highest BCUT2D eigenvalue weighted by molar-refractivity contribution is 6.45. The number of nitrogens with one attached hydrogen (secondary N) is 1. The molecule has 8 heteroatoms. The van der Waals surface area contributed by atoms with Crippen molar-refractivity contribution in [2.24, 2.45) is 5.84 Å². The molecule has 1 saturated heterocycles. The van der Waals surface area contributed by atoms with E-state index >= 15 is 0 Å². The molecule has 1 aliphatic heterocycles. The lowest BCUT2D eigenvalue weighted by Crippen LogP contribution is -2.50. The van der Waals surface area contributed by atoms with Gasteiger partial charge in [-0.3, -0.25) is 24.7 Å². The molecule has 1 heterocycles. The fourth-order valence-corrected chi connectivity index (χ4v) is 1.16. The molecule has 1 unspecified atom stereocenters. The van der Waals surface area contributed by atoms with Crippen molar-refractivity contribution < 1.29 is 19.2 Å². The molecule has 0 aliphatic carbocycles. The largest absolute Gasteiger partial charge is 0.334 e. The van der Waals surface area contributed by atoms with E-state index in [2.05, 4.69) is 0 Å². The first-order valence-electron chi connectivity index (χ1n) is 4.07. The lowest BCUT2D eigenvalue weighted by molar-refractivity contribution is -0.144. The Kier molecular flexibility index (Phi) is 2.71. The van der Waals surface area contributed by atoms with E-state index in [1.807, 2.05) is 0 Å². The fourth-order valence-electron chi connectivity index (χ4n) is 1.16. The molecular formula is C7H10N4O4. The van der Waals surface area contributed by atoms with Gasteiger partial charge in [0.2, 0.25) is 0 Å². The van der Waals surface area contributed by atoms with Crippen molar-refractivity contribution in [1.29, 1.82) is 0 Å². The molecule has 1 atom stereocenters. The molecule has 82 valence electrons. The summed E-state index contributed by atoms with van der Waals surface area (Å²) in [4.78, 5) is 46.0. The van der Waals surface area contributed by atoms with Crippen molar-refractivity contribution >= 4 is 23.8 Å². The smallest absolute Gasteiger partial charge is 0.292 e. The number of rotatable bonds is 2. The van der Waals surface area contributed by atoms with Crippen molar-refractivity contribution in [2.45, 2.75) is 13.0 Å². The normalized spacial score (nSPS) is 18.5. The summed E-state index contributed by atoms with van der Waals surface area (Å²) in [5, 5.41) is 0. The van der Waals surface area contributed by atoms with Crippen LogP contribution in [0, 0.1) is 0 Å². The number of nitrogens with two attached hydrogens (primary N) is 1. The number of hydrogen-bond acceptors (Lipinski definition) is 5. The molecule has 1 fully saturated rings. The third-order valence-corrected chi connectivity index (χ3v) is 2.11. The minimum Gasteiger partial charge on any atom is -0.292 e. The molecule has 8 nitrogen and oxygen atoms in total. The number of carbonyl (C=O) groups is 4. The first kappa shape index (κ1) is 11.1. The zero-order valence-electron chi connectivity index (χ0n) is 8.18. The topological polar surface area (TPSA) is 113 Å². The number of hydrazine groups is 1. The fraction of sp³-hybridized carbons (Fsp3) is 0.429. The van der Waals surface area contributed by atoms with Crippen LogP contribution in [-0.4, -0.2) is 46.6 Å². The Labute approximate surface area is 84.9 Å². The van der Waals surface area contributed by atoms with E-state index in [0.29, 0.717) is 9.80 Å². The Morgan fingerprint density at radius 3 is 2.20 bits per heavy atom. The summed E-state index contributed by atoms with van der Waals surface area (Å²) in [6, 6.07) is -1.94. The van der Waals surface area contributed by atoms with Gasteiger partial charge in [-0.25, -0.2) is 15.5 Å². The molecule has 0 bridgehead atoms. The summed E-state index contributed by atoms with van der Waals surface area (Å²) in [5.41, 5.74) is 1.80. The molecular weight excluding hydrogens is 204 g/mol. The van der Waals surface area contributed by atoms with Crippen LogP contribution in [0.5, 0.6) is 0 Å². The molecule has 0 saturated carbocycles. The Morgan fingerprint density at radius 2 is 1.87 bits per heavy atom. The molecule has 15 heavy (non-hydrogen) atoms. The van der Waals surface area contributed by atoms with Gasteiger partial charge in [0, 0.05) is 7.05 Å². The lowest BCUT2D eigenvalue weighted by Gasteiger charge is -2.19. The molecule has 0 aromatic carbocycles. The van der Waals surface area contributed by atoms with Crippen molar-refractivity contribution in [1.82, 2.24) is 15.2 Å². The van der Waals surface area contributed by atoms with Gasteiger partial charge >= 0.3 is 17.8 Å². The van der Waals surface area contributed by atoms with E-state index < -0.39 is 29.8 Å². The zero-order chi connectivity index (χ0) is 11.7. The Balaban J connectivity index is 2.97. The van der Waals surface area contributed by atoms with Crippen LogP contribution in [0.3, 0.4) is 0 Å². The second-order valence-electron chi connectivity index (χ2n) is 3.01. The zero-order valence-corrected chi connectivity index (χ0v) is 8.18. The number of likely N-dealkylation sites (N-methyl/N-ethyl adjacent to an activating group) is 1. The first-order chi connectivity index (χ1) is 6.91. The Bertz CT molecular complexity index is 353. The van der Waals surface area contributed by atoms with Crippen LogP contribution in [0.4, 0.5) is 4.79 Å². The van der Waals surface area contributed by atoms with E-state index in [-0.39, 0.29) is 0 Å². The van der Waals surface area contributed by atoms with Crippen LogP contribution < -0.4 is 11.3 Å². The average molecular weight is 214 g/mol. The van der Waals surface area contributed by atoms with Crippen LogP contribution in [0.15, 0.2) is 0 Å². The number of hydrogen-bond donors (Lipinski definition) is 2. The van der Waals surface area contributed by atoms with Crippen LogP contribution in [0.1, 0.15) is 6.92 Å². The molecule has 5 amide bonds. The maximum atomic E-state index is 11.4. The number of imide groups is 2. The predicted molar refractivity (Wildman–Crippen MR) is 46.8 cm³/mol. The average Bonchev–Trinajstić information content (AvgIpc) is 2.41. The molecule has 1 rings (SSSR count). The van der Waals surface area contributed by atoms with E-state index in [1.165, 1.54) is 6.92 Å². The quantitative estimate of drug-likeness (QED) is 0.178. The summed E-state index contributed by atoms with van der Waals surface area (Å²) in [6.07, 6.45) is 0. The highest BCUT2D eigenvalue weighted by atomic mass is 16.2. The van der Waals surface area contributed by atoms with E-state index in [9.17, 15) is 19.2 Å². The predicted octanol–water partition coefficient (Wildman–Crippen LogP) is -2.21. The van der Waals surface area contributed by atoms with Crippen molar-refractivity contribution in [3.8, 4) is 0 Å². The SMILES string of the molecule is CC(C(=O)NN)N1C(=O)C(=O)N(C)C1=O. The highest BCUT2D eigenvalue weighted by Gasteiger charge is 2.46. The third-order valence-electron chi connectivity index (χ3n) is 2.11. The lowest BCUT2D eigenvalue weighted by atomic mass is 10.3. The maximum Gasteiger partial charge on any atom is 0.334 e. The van der Waals surface area contributed by atoms with Crippen molar-refractivity contribution in [3.63, 3.8) is 0 Å². The van der Waals surface area contributed by atoms with Crippen LogP contribution >= 0.6 is 0 Å². The van der Waals surface area contributed by atoms with E-state index in [0.717, 1.165) is 7.05 Å². The Morgan fingerprint density at radius 1 is 1.33 bits per heavy atom. The van der Waals surface area contributed by atoms with Crippen LogP contribution in [-0.2, 0) is 14.4 Å². The summed E-state index contributed by atoms with van der Waals surface area (Å²) < 4.78 is 0. The maximum absolute atomic E-state index is 11.4. The second-order valence-corrected chi connectivity index (χ2v) is 3.01. The standard InChI is InChI=1S/C7H10N4O4/c1-3(4(12)9-8)11-6(14)5(13)10(2)7(11)15/h3H,8H2,1-2H3,(H,9,12). The minimum absolute atomic E-state index is 0.560. The van der Waals surface area contributed by atoms with Gasteiger partial charge in [0.1, 0.15) is 6.04 Å². The first-order valence-corrected chi connectivity index (χ1v) is 4.07. The molecule has 0 radical (unpaired) electrons. The van der Waals surface area contributed by atoms with Gasteiger partial charge in [-0.15, -0.1) is 0 Å². The van der Waals surface area contributed by atoms with Crippen molar-refractivity contribution in [3.05, 3.63) is 0 Å². The number of urea groups is 1. The molecule has 0 aromatic heterocycles. The monoisotopic (exact) mass is 214 g/mol. The number of carbonyl (C=O) groups excluding carboxylic acids is 4. The second kappa shape index (κ2) is 3.65. The minimum atomic E-state index is -1.11. The molecule has 1 aliphatic rings. The molecule has 3 N–H and O–H groups in total. The van der Waals surface area contributed by atoms with Crippen molar-refractivity contribution in [2.75, 3.05) is 7.05 Å². The van der Waals surface area contributed by atoms with Gasteiger partial charge < -0.3 is 0 Å². The number of nitrogens with zero attached hydrogens (tertiary/aromatic N) is 2. The van der Waals surface area contributed by atoms with Crippen LogP contribution in [0.2, 0.25) is 0 Å². The summed E-state index contributed by atoms with van der Waals surface area (Å²) in [7, 11) is 1.16. The molecule has 0 spiro atoms. The van der Waals surface area contributed by atoms with Gasteiger partial charge in [0.05, 0.1) is 0 Å². The van der Waals surface area contributed by atoms with Gasteiger partial charge in [-0.2, -0.15) is 0 Å². The summed E-state index contributed by atoms with van der Waals surface area (Å²) in [5.74, 6) is 2.14. The summed E-state index contributed by atoms with van der Waals surface area (Å²) >= 11 is 0. The van der Waals surface area contributed by atoms with Gasteiger partial charge in [-0.05, 0) is 6.92 Å². The third kappa shape index (κ3) is 1.54. The van der Waals surface area contributed by atoms with E-state index in [1.54, 1.807) is 5.43 Å². The highest BCUT2D eigenvalue weighted by Crippen LogP contribution is 2.13.